The van der Waals surface area contributed by atoms with E-state index >= 15 is 0 Å². The molecule has 1 atom stereocenters. The minimum absolute atomic E-state index is 0.288. The molecule has 2 heterocycles. The second-order valence-corrected chi connectivity index (χ2v) is 9.22. The first-order chi connectivity index (χ1) is 16.6. The lowest BCUT2D eigenvalue weighted by molar-refractivity contribution is -0.112. The Kier molecular flexibility index (Phi) is 6.72. The van der Waals surface area contributed by atoms with Crippen LogP contribution in [0.15, 0.2) is 90.7 Å². The number of aromatic nitrogens is 2. The number of imidazole rings is 1. The SMILES string of the molecule is C=CCn1c(-c2ccc(Cl)cc2)cnc1SCc1cc(F)cc2c1O[C@H](c1ccccc1)OC2. The van der Waals surface area contributed by atoms with Crippen molar-refractivity contribution in [2.75, 3.05) is 0 Å². The minimum atomic E-state index is -0.526. The molecule has 5 rings (SSSR count). The maximum absolute atomic E-state index is 14.4. The molecule has 0 bridgehead atoms. The highest BCUT2D eigenvalue weighted by Crippen LogP contribution is 2.39. The Bertz CT molecular complexity index is 1310. The first kappa shape index (κ1) is 22.7. The first-order valence-electron chi connectivity index (χ1n) is 10.8. The van der Waals surface area contributed by atoms with Crippen molar-refractivity contribution in [3.63, 3.8) is 0 Å². The van der Waals surface area contributed by atoms with Crippen LogP contribution in [0.5, 0.6) is 5.75 Å². The third-order valence-corrected chi connectivity index (χ3v) is 6.81. The first-order valence-corrected chi connectivity index (χ1v) is 12.2. The molecular weight excluding hydrogens is 471 g/mol. The smallest absolute Gasteiger partial charge is 0.227 e. The summed E-state index contributed by atoms with van der Waals surface area (Å²) in [6.45, 7) is 4.77. The molecule has 0 amide bonds. The molecule has 0 unspecified atom stereocenters. The molecule has 4 aromatic rings. The van der Waals surface area contributed by atoms with Crippen LogP contribution in [0.4, 0.5) is 4.39 Å². The van der Waals surface area contributed by atoms with Gasteiger partial charge in [0.05, 0.1) is 18.5 Å². The quantitative estimate of drug-likeness (QED) is 0.198. The number of ether oxygens (including phenoxy) is 2. The molecule has 4 nitrogen and oxygen atoms in total. The lowest BCUT2D eigenvalue weighted by atomic mass is 10.1. The Morgan fingerprint density at radius 1 is 1.15 bits per heavy atom. The number of hydrogen-bond acceptors (Lipinski definition) is 4. The number of halogens is 2. The molecular formula is C27H22ClFN2O2S. The van der Waals surface area contributed by atoms with E-state index in [-0.39, 0.29) is 12.4 Å². The van der Waals surface area contributed by atoms with Crippen molar-refractivity contribution < 1.29 is 13.9 Å². The molecule has 34 heavy (non-hydrogen) atoms. The van der Waals surface area contributed by atoms with Crippen LogP contribution in [-0.2, 0) is 23.6 Å². The summed E-state index contributed by atoms with van der Waals surface area (Å²) >= 11 is 7.58. The summed E-state index contributed by atoms with van der Waals surface area (Å²) in [6, 6.07) is 20.4. The van der Waals surface area contributed by atoms with Gasteiger partial charge in [-0.3, -0.25) is 0 Å². The van der Waals surface area contributed by atoms with E-state index in [4.69, 9.17) is 21.1 Å². The maximum atomic E-state index is 14.4. The number of allylic oxidation sites excluding steroid dienone is 1. The fourth-order valence-corrected chi connectivity index (χ4v) is 5.01. The number of thioether (sulfide) groups is 1. The van der Waals surface area contributed by atoms with Gasteiger partial charge in [0.2, 0.25) is 6.29 Å². The van der Waals surface area contributed by atoms with Gasteiger partial charge in [0.15, 0.2) is 5.16 Å². The zero-order valence-electron chi connectivity index (χ0n) is 18.3. The van der Waals surface area contributed by atoms with Crippen LogP contribution in [0.1, 0.15) is 23.0 Å². The number of benzene rings is 3. The highest BCUT2D eigenvalue weighted by Gasteiger charge is 2.25. The summed E-state index contributed by atoms with van der Waals surface area (Å²) in [6.07, 6.45) is 3.15. The van der Waals surface area contributed by atoms with E-state index in [1.165, 1.54) is 23.9 Å². The van der Waals surface area contributed by atoms with Gasteiger partial charge in [0, 0.05) is 34.0 Å². The largest absolute Gasteiger partial charge is 0.460 e. The predicted molar refractivity (Wildman–Crippen MR) is 133 cm³/mol. The van der Waals surface area contributed by atoms with Crippen LogP contribution < -0.4 is 4.74 Å². The van der Waals surface area contributed by atoms with Crippen LogP contribution in [0.3, 0.4) is 0 Å². The van der Waals surface area contributed by atoms with Crippen LogP contribution in [0.2, 0.25) is 5.02 Å². The molecule has 0 fully saturated rings. The van der Waals surface area contributed by atoms with Crippen LogP contribution in [0.25, 0.3) is 11.3 Å². The molecule has 1 aliphatic heterocycles. The van der Waals surface area contributed by atoms with Gasteiger partial charge >= 0.3 is 0 Å². The second kappa shape index (κ2) is 10.1. The molecule has 0 aliphatic carbocycles. The fraction of sp³-hybridized carbons (Fsp3) is 0.148. The molecule has 3 aromatic carbocycles. The molecule has 7 heteroatoms. The standard InChI is InChI=1S/C27H22ClFN2O2S/c1-2-12-31-24(18-8-10-22(28)11-9-18)15-30-27(31)34-17-21-14-23(29)13-20-16-32-26(33-25(20)21)19-6-4-3-5-7-19/h2-11,13-15,26H,1,12,16-17H2/t26-/m1/s1. The molecule has 1 aliphatic rings. The maximum Gasteiger partial charge on any atom is 0.227 e. The summed E-state index contributed by atoms with van der Waals surface area (Å²) in [5.41, 5.74) is 4.38. The zero-order valence-corrected chi connectivity index (χ0v) is 19.9. The monoisotopic (exact) mass is 492 g/mol. The van der Waals surface area contributed by atoms with E-state index < -0.39 is 6.29 Å². The van der Waals surface area contributed by atoms with Gasteiger partial charge in [0.25, 0.3) is 0 Å². The Morgan fingerprint density at radius 2 is 1.94 bits per heavy atom. The van der Waals surface area contributed by atoms with Crippen LogP contribution >= 0.6 is 23.4 Å². The van der Waals surface area contributed by atoms with Gasteiger partial charge in [-0.15, -0.1) is 6.58 Å². The van der Waals surface area contributed by atoms with Crippen molar-refractivity contribution >= 4 is 23.4 Å². The average molecular weight is 493 g/mol. The van der Waals surface area contributed by atoms with E-state index in [1.807, 2.05) is 66.9 Å². The lowest BCUT2D eigenvalue weighted by Crippen LogP contribution is -2.19. The molecule has 0 spiro atoms. The molecule has 0 radical (unpaired) electrons. The zero-order chi connectivity index (χ0) is 23.5. The van der Waals surface area contributed by atoms with E-state index in [2.05, 4.69) is 16.1 Å². The van der Waals surface area contributed by atoms with Gasteiger partial charge in [-0.05, 0) is 29.8 Å². The summed E-state index contributed by atoms with van der Waals surface area (Å²) in [7, 11) is 0. The van der Waals surface area contributed by atoms with Gasteiger partial charge in [-0.25, -0.2) is 9.37 Å². The summed E-state index contributed by atoms with van der Waals surface area (Å²) in [5, 5.41) is 1.50. The van der Waals surface area contributed by atoms with Crippen molar-refractivity contribution in [1.29, 1.82) is 0 Å². The summed E-state index contributed by atoms with van der Waals surface area (Å²) < 4.78 is 28.5. The predicted octanol–water partition coefficient (Wildman–Crippen LogP) is 7.43. The topological polar surface area (TPSA) is 36.3 Å². The average Bonchev–Trinajstić information content (AvgIpc) is 3.26. The number of nitrogens with zero attached hydrogens (tertiary/aromatic N) is 2. The molecule has 0 saturated heterocycles. The highest BCUT2D eigenvalue weighted by atomic mass is 35.5. The Balaban J connectivity index is 1.41. The third kappa shape index (κ3) is 4.75. The van der Waals surface area contributed by atoms with Crippen molar-refractivity contribution in [3.05, 3.63) is 113 Å². The van der Waals surface area contributed by atoms with Crippen LogP contribution in [0, 0.1) is 5.82 Å². The number of hydrogen-bond donors (Lipinski definition) is 0. The van der Waals surface area contributed by atoms with Crippen molar-refractivity contribution in [1.82, 2.24) is 9.55 Å². The van der Waals surface area contributed by atoms with Gasteiger partial charge in [-0.2, -0.15) is 0 Å². The molecule has 0 N–H and O–H groups in total. The van der Waals surface area contributed by atoms with Crippen molar-refractivity contribution in [2.45, 2.75) is 30.4 Å². The molecule has 1 aromatic heterocycles. The van der Waals surface area contributed by atoms with Gasteiger partial charge in [-0.1, -0.05) is 71.9 Å². The fourth-order valence-electron chi connectivity index (χ4n) is 3.93. The number of fused-ring (bicyclic) bond motifs is 1. The van der Waals surface area contributed by atoms with Gasteiger partial charge in [0.1, 0.15) is 11.6 Å². The second-order valence-electron chi connectivity index (χ2n) is 7.85. The summed E-state index contributed by atoms with van der Waals surface area (Å²) in [5.74, 6) is 0.861. The number of rotatable bonds is 7. The van der Waals surface area contributed by atoms with Crippen molar-refractivity contribution in [3.8, 4) is 17.0 Å². The molecule has 0 saturated carbocycles. The molecule has 172 valence electrons. The van der Waals surface area contributed by atoms with E-state index in [1.54, 1.807) is 0 Å². The third-order valence-electron chi connectivity index (χ3n) is 5.52. The highest BCUT2D eigenvalue weighted by molar-refractivity contribution is 7.98. The Labute approximate surface area is 207 Å². The summed E-state index contributed by atoms with van der Waals surface area (Å²) in [4.78, 5) is 4.63. The van der Waals surface area contributed by atoms with Crippen LogP contribution in [-0.4, -0.2) is 9.55 Å². The lowest BCUT2D eigenvalue weighted by Gasteiger charge is -2.28. The van der Waals surface area contributed by atoms with E-state index in [0.29, 0.717) is 28.6 Å². The minimum Gasteiger partial charge on any atom is -0.460 e. The van der Waals surface area contributed by atoms with E-state index in [0.717, 1.165) is 27.5 Å². The normalized spacial score (nSPS) is 14.9. The van der Waals surface area contributed by atoms with Gasteiger partial charge < -0.3 is 14.0 Å². The Hall–Kier alpha value is -3.06. The van der Waals surface area contributed by atoms with Crippen molar-refractivity contribution in [2.24, 2.45) is 0 Å². The Morgan fingerprint density at radius 3 is 2.71 bits per heavy atom. The van der Waals surface area contributed by atoms with E-state index in [9.17, 15) is 4.39 Å².